The van der Waals surface area contributed by atoms with Gasteiger partial charge in [-0.2, -0.15) is 0 Å². The average molecular weight is 365 g/mol. The van der Waals surface area contributed by atoms with Crippen LogP contribution in [0.5, 0.6) is 5.75 Å². The number of rotatable bonds is 6. The molecule has 0 fully saturated rings. The Labute approximate surface area is 157 Å². The quantitative estimate of drug-likeness (QED) is 0.471. The number of ether oxygens (including phenoxy) is 1. The molecule has 1 aromatic heterocycles. The fourth-order valence-electron chi connectivity index (χ4n) is 2.34. The van der Waals surface area contributed by atoms with Crippen LogP contribution < -0.4 is 10.1 Å². The van der Waals surface area contributed by atoms with Crippen LogP contribution in [0.4, 0.5) is 11.5 Å². The molecule has 0 bridgehead atoms. The molecular formula is C21H17ClN2O2. The molecule has 0 saturated heterocycles. The Morgan fingerprint density at radius 3 is 2.50 bits per heavy atom. The number of pyridine rings is 1. The Bertz CT molecular complexity index is 920. The number of benzene rings is 2. The number of allylic oxidation sites excluding steroid dienone is 1. The molecule has 0 spiro atoms. The van der Waals surface area contributed by atoms with Gasteiger partial charge in [0.25, 0.3) is 0 Å². The van der Waals surface area contributed by atoms with Crippen molar-refractivity contribution in [1.82, 2.24) is 4.98 Å². The van der Waals surface area contributed by atoms with E-state index in [0.29, 0.717) is 22.2 Å². The van der Waals surface area contributed by atoms with Gasteiger partial charge in [-0.3, -0.25) is 4.79 Å². The van der Waals surface area contributed by atoms with Crippen LogP contribution in [-0.4, -0.2) is 17.9 Å². The lowest BCUT2D eigenvalue weighted by molar-refractivity contribution is 0.104. The first-order chi connectivity index (χ1) is 12.7. The van der Waals surface area contributed by atoms with Crippen LogP contribution in [0.1, 0.15) is 15.9 Å². The third-order valence-corrected chi connectivity index (χ3v) is 3.99. The summed E-state index contributed by atoms with van der Waals surface area (Å²) in [6.45, 7) is 0. The minimum atomic E-state index is -0.0889. The maximum absolute atomic E-state index is 12.3. The van der Waals surface area contributed by atoms with E-state index in [0.717, 1.165) is 11.3 Å². The Balaban J connectivity index is 1.77. The lowest BCUT2D eigenvalue weighted by atomic mass is 10.1. The molecule has 4 nitrogen and oxygen atoms in total. The number of carbonyl (C=O) groups excluding carboxylic acids is 1. The molecular weight excluding hydrogens is 348 g/mol. The summed E-state index contributed by atoms with van der Waals surface area (Å²) in [6.07, 6.45) is 4.98. The van der Waals surface area contributed by atoms with E-state index in [4.69, 9.17) is 16.3 Å². The van der Waals surface area contributed by atoms with Crippen molar-refractivity contribution in [2.75, 3.05) is 12.4 Å². The summed E-state index contributed by atoms with van der Waals surface area (Å²) in [6, 6.07) is 18.1. The van der Waals surface area contributed by atoms with E-state index in [-0.39, 0.29) is 5.78 Å². The van der Waals surface area contributed by atoms with E-state index in [2.05, 4.69) is 10.3 Å². The van der Waals surface area contributed by atoms with Gasteiger partial charge in [0.2, 0.25) is 0 Å². The standard InChI is InChI=1S/C21H17ClN2O2/c1-26-19-11-4-15(5-12-19)20(25)13-6-16-3-2-14-23-21(16)24-18-9-7-17(22)8-10-18/h2-14H,1H3,(H,23,24)/b13-6+. The van der Waals surface area contributed by atoms with E-state index in [1.54, 1.807) is 55.8 Å². The van der Waals surface area contributed by atoms with Gasteiger partial charge in [0.1, 0.15) is 11.6 Å². The van der Waals surface area contributed by atoms with Crippen LogP contribution >= 0.6 is 11.6 Å². The van der Waals surface area contributed by atoms with Gasteiger partial charge in [-0.15, -0.1) is 0 Å². The minimum absolute atomic E-state index is 0.0889. The normalized spacial score (nSPS) is 10.7. The Kier molecular flexibility index (Phi) is 5.66. The van der Waals surface area contributed by atoms with Crippen molar-refractivity contribution in [2.24, 2.45) is 0 Å². The first kappa shape index (κ1) is 17.7. The zero-order valence-electron chi connectivity index (χ0n) is 14.1. The highest BCUT2D eigenvalue weighted by Gasteiger charge is 2.05. The monoisotopic (exact) mass is 364 g/mol. The van der Waals surface area contributed by atoms with Gasteiger partial charge in [0.05, 0.1) is 7.11 Å². The van der Waals surface area contributed by atoms with Gasteiger partial charge in [0.15, 0.2) is 5.78 Å². The zero-order chi connectivity index (χ0) is 18.4. The van der Waals surface area contributed by atoms with Crippen LogP contribution in [-0.2, 0) is 0 Å². The third-order valence-electron chi connectivity index (χ3n) is 3.73. The predicted octanol–water partition coefficient (Wildman–Crippen LogP) is 5.38. The molecule has 0 aliphatic heterocycles. The number of anilines is 2. The van der Waals surface area contributed by atoms with Gasteiger partial charge >= 0.3 is 0 Å². The van der Waals surface area contributed by atoms with Crippen LogP contribution in [0.2, 0.25) is 5.02 Å². The van der Waals surface area contributed by atoms with Crippen molar-refractivity contribution in [3.8, 4) is 5.75 Å². The molecule has 0 aliphatic rings. The Morgan fingerprint density at radius 1 is 1.08 bits per heavy atom. The molecule has 0 amide bonds. The number of hydrogen-bond acceptors (Lipinski definition) is 4. The number of aromatic nitrogens is 1. The number of methoxy groups -OCH3 is 1. The van der Waals surface area contributed by atoms with Gasteiger partial charge < -0.3 is 10.1 Å². The van der Waals surface area contributed by atoms with Crippen molar-refractivity contribution < 1.29 is 9.53 Å². The average Bonchev–Trinajstić information content (AvgIpc) is 2.69. The summed E-state index contributed by atoms with van der Waals surface area (Å²) in [5, 5.41) is 3.90. The molecule has 1 heterocycles. The molecule has 3 aromatic rings. The molecule has 0 atom stereocenters. The van der Waals surface area contributed by atoms with Crippen molar-refractivity contribution >= 4 is 35.0 Å². The van der Waals surface area contributed by atoms with Crippen LogP contribution in [0.25, 0.3) is 6.08 Å². The minimum Gasteiger partial charge on any atom is -0.497 e. The summed E-state index contributed by atoms with van der Waals surface area (Å²) in [5.74, 6) is 1.29. The van der Waals surface area contributed by atoms with E-state index in [1.165, 1.54) is 6.08 Å². The second kappa shape index (κ2) is 8.32. The highest BCUT2D eigenvalue weighted by molar-refractivity contribution is 6.30. The summed E-state index contributed by atoms with van der Waals surface area (Å²) in [7, 11) is 1.59. The zero-order valence-corrected chi connectivity index (χ0v) is 14.9. The summed E-state index contributed by atoms with van der Waals surface area (Å²) < 4.78 is 5.10. The summed E-state index contributed by atoms with van der Waals surface area (Å²) >= 11 is 5.91. The molecule has 2 aromatic carbocycles. The number of halogens is 1. The van der Waals surface area contributed by atoms with Gasteiger partial charge in [-0.05, 0) is 72.8 Å². The fraction of sp³-hybridized carbons (Fsp3) is 0.0476. The van der Waals surface area contributed by atoms with E-state index in [9.17, 15) is 4.79 Å². The van der Waals surface area contributed by atoms with E-state index < -0.39 is 0 Å². The molecule has 0 unspecified atom stereocenters. The fourth-order valence-corrected chi connectivity index (χ4v) is 2.47. The largest absolute Gasteiger partial charge is 0.497 e. The summed E-state index contributed by atoms with van der Waals surface area (Å²) in [5.41, 5.74) is 2.27. The second-order valence-corrected chi connectivity index (χ2v) is 5.94. The van der Waals surface area contributed by atoms with E-state index in [1.807, 2.05) is 24.3 Å². The second-order valence-electron chi connectivity index (χ2n) is 5.50. The predicted molar refractivity (Wildman–Crippen MR) is 105 cm³/mol. The van der Waals surface area contributed by atoms with Gasteiger partial charge in [-0.25, -0.2) is 4.98 Å². The molecule has 1 N–H and O–H groups in total. The number of nitrogens with zero attached hydrogens (tertiary/aromatic N) is 1. The van der Waals surface area contributed by atoms with Crippen molar-refractivity contribution in [2.45, 2.75) is 0 Å². The maximum atomic E-state index is 12.3. The SMILES string of the molecule is COc1ccc(C(=O)/C=C/c2cccnc2Nc2ccc(Cl)cc2)cc1. The maximum Gasteiger partial charge on any atom is 0.185 e. The van der Waals surface area contributed by atoms with Crippen molar-refractivity contribution in [3.05, 3.63) is 89.1 Å². The number of hydrogen-bond donors (Lipinski definition) is 1. The van der Waals surface area contributed by atoms with Crippen LogP contribution in [0.15, 0.2) is 72.9 Å². The third kappa shape index (κ3) is 4.49. The van der Waals surface area contributed by atoms with Gasteiger partial charge in [-0.1, -0.05) is 11.6 Å². The molecule has 0 saturated carbocycles. The highest BCUT2D eigenvalue weighted by atomic mass is 35.5. The first-order valence-electron chi connectivity index (χ1n) is 8.00. The van der Waals surface area contributed by atoms with Crippen molar-refractivity contribution in [3.63, 3.8) is 0 Å². The Morgan fingerprint density at radius 2 is 1.81 bits per heavy atom. The summed E-state index contributed by atoms with van der Waals surface area (Å²) in [4.78, 5) is 16.7. The molecule has 0 radical (unpaired) electrons. The topological polar surface area (TPSA) is 51.2 Å². The van der Waals surface area contributed by atoms with Crippen LogP contribution in [0.3, 0.4) is 0 Å². The number of carbonyl (C=O) groups is 1. The Hall–Kier alpha value is -3.11. The highest BCUT2D eigenvalue weighted by Crippen LogP contribution is 2.21. The van der Waals surface area contributed by atoms with Gasteiger partial charge in [0, 0.05) is 28.0 Å². The first-order valence-corrected chi connectivity index (χ1v) is 8.37. The lowest BCUT2D eigenvalue weighted by Gasteiger charge is -2.08. The molecule has 3 rings (SSSR count). The number of ketones is 1. The smallest absolute Gasteiger partial charge is 0.185 e. The molecule has 5 heteroatoms. The lowest BCUT2D eigenvalue weighted by Crippen LogP contribution is -1.97. The van der Waals surface area contributed by atoms with E-state index >= 15 is 0 Å². The van der Waals surface area contributed by atoms with Crippen LogP contribution in [0, 0.1) is 0 Å². The number of nitrogens with one attached hydrogen (secondary N) is 1. The molecule has 130 valence electrons. The molecule has 26 heavy (non-hydrogen) atoms. The van der Waals surface area contributed by atoms with Crippen molar-refractivity contribution in [1.29, 1.82) is 0 Å². The molecule has 0 aliphatic carbocycles.